The standard InChI is InChI=1S/C24H22N2O7S/c1-32-19-10-15(6-7-18(19)33-14-22(28)29)11-20-23(30)26(24(31)34-20)13-21(27)25-9-8-16-4-2-3-5-17(16)12-25/h2-7,10-11H,8-9,12-14H2,1H3,(H,28,29)/b20-11-. The van der Waals surface area contributed by atoms with Crippen molar-refractivity contribution in [1.82, 2.24) is 9.80 Å². The predicted octanol–water partition coefficient (Wildman–Crippen LogP) is 2.78. The number of aliphatic carboxylic acids is 1. The van der Waals surface area contributed by atoms with E-state index in [1.807, 2.05) is 24.3 Å². The van der Waals surface area contributed by atoms with Gasteiger partial charge >= 0.3 is 5.97 Å². The Labute approximate surface area is 199 Å². The maximum absolute atomic E-state index is 12.9. The highest BCUT2D eigenvalue weighted by Gasteiger charge is 2.37. The first-order valence-corrected chi connectivity index (χ1v) is 11.3. The number of rotatable bonds is 7. The third-order valence-electron chi connectivity index (χ3n) is 5.49. The zero-order valence-corrected chi connectivity index (χ0v) is 19.2. The van der Waals surface area contributed by atoms with E-state index < -0.39 is 23.7 Å². The minimum Gasteiger partial charge on any atom is -0.493 e. The van der Waals surface area contributed by atoms with Crippen molar-refractivity contribution in [1.29, 1.82) is 0 Å². The van der Waals surface area contributed by atoms with Crippen LogP contribution in [-0.2, 0) is 27.3 Å². The van der Waals surface area contributed by atoms with Gasteiger partial charge in [0.15, 0.2) is 18.1 Å². The number of thioether (sulfide) groups is 1. The lowest BCUT2D eigenvalue weighted by molar-refractivity contribution is -0.139. The van der Waals surface area contributed by atoms with Crippen molar-refractivity contribution in [2.45, 2.75) is 13.0 Å². The Morgan fingerprint density at radius 1 is 1.12 bits per heavy atom. The first kappa shape index (κ1) is 23.4. The Balaban J connectivity index is 1.44. The highest BCUT2D eigenvalue weighted by Crippen LogP contribution is 2.34. The van der Waals surface area contributed by atoms with Gasteiger partial charge in [-0.05, 0) is 53.1 Å². The SMILES string of the molecule is COc1cc(/C=C2\SC(=O)N(CC(=O)N3CCc4ccccc4C3)C2=O)ccc1OCC(=O)O. The Morgan fingerprint density at radius 3 is 2.62 bits per heavy atom. The molecule has 0 aromatic heterocycles. The molecule has 0 radical (unpaired) electrons. The second kappa shape index (κ2) is 10.0. The van der Waals surface area contributed by atoms with Gasteiger partial charge in [0.1, 0.15) is 6.54 Å². The van der Waals surface area contributed by atoms with E-state index in [-0.39, 0.29) is 28.9 Å². The third-order valence-corrected chi connectivity index (χ3v) is 6.39. The summed E-state index contributed by atoms with van der Waals surface area (Å²) >= 11 is 0.764. The molecule has 2 aromatic carbocycles. The van der Waals surface area contributed by atoms with Gasteiger partial charge in [0.05, 0.1) is 12.0 Å². The summed E-state index contributed by atoms with van der Waals surface area (Å²) in [6.07, 6.45) is 2.26. The van der Waals surface area contributed by atoms with E-state index in [0.29, 0.717) is 18.7 Å². The molecule has 2 aromatic rings. The molecule has 0 bridgehead atoms. The number of carbonyl (C=O) groups is 4. The van der Waals surface area contributed by atoms with Crippen molar-refractivity contribution in [2.24, 2.45) is 0 Å². The number of imide groups is 1. The summed E-state index contributed by atoms with van der Waals surface area (Å²) in [4.78, 5) is 51.7. The molecule has 3 amide bonds. The number of methoxy groups -OCH3 is 1. The highest BCUT2D eigenvalue weighted by atomic mass is 32.2. The zero-order valence-electron chi connectivity index (χ0n) is 18.4. The summed E-state index contributed by atoms with van der Waals surface area (Å²) in [6.45, 7) is 0.163. The van der Waals surface area contributed by atoms with E-state index in [9.17, 15) is 19.2 Å². The summed E-state index contributed by atoms with van der Waals surface area (Å²) in [7, 11) is 1.41. The van der Waals surface area contributed by atoms with Crippen LogP contribution in [0.25, 0.3) is 6.08 Å². The van der Waals surface area contributed by atoms with Gasteiger partial charge in [-0.1, -0.05) is 30.3 Å². The molecule has 0 saturated carbocycles. The van der Waals surface area contributed by atoms with Crippen LogP contribution in [0.3, 0.4) is 0 Å². The molecule has 0 unspecified atom stereocenters. The lowest BCUT2D eigenvalue weighted by Gasteiger charge is -2.29. The van der Waals surface area contributed by atoms with Crippen molar-refractivity contribution >= 4 is 40.9 Å². The van der Waals surface area contributed by atoms with Crippen LogP contribution >= 0.6 is 11.8 Å². The largest absolute Gasteiger partial charge is 0.493 e. The molecule has 176 valence electrons. The number of benzene rings is 2. The second-order valence-electron chi connectivity index (χ2n) is 7.69. The van der Waals surface area contributed by atoms with Crippen molar-refractivity contribution < 1.29 is 33.8 Å². The Hall–Kier alpha value is -3.79. The van der Waals surface area contributed by atoms with E-state index in [1.165, 1.54) is 24.8 Å². The molecule has 2 aliphatic heterocycles. The number of carboxylic acid groups (broad SMARTS) is 1. The molecule has 10 heteroatoms. The molecule has 1 fully saturated rings. The minimum atomic E-state index is -1.12. The van der Waals surface area contributed by atoms with Gasteiger partial charge in [-0.25, -0.2) is 4.79 Å². The molecule has 9 nitrogen and oxygen atoms in total. The fourth-order valence-electron chi connectivity index (χ4n) is 3.76. The van der Waals surface area contributed by atoms with Crippen LogP contribution in [0, 0.1) is 0 Å². The molecular formula is C24H22N2O7S. The van der Waals surface area contributed by atoms with Gasteiger partial charge in [-0.15, -0.1) is 0 Å². The maximum atomic E-state index is 12.9. The molecule has 1 saturated heterocycles. The lowest BCUT2D eigenvalue weighted by Crippen LogP contribution is -2.44. The van der Waals surface area contributed by atoms with Crippen LogP contribution in [-0.4, -0.2) is 64.7 Å². The summed E-state index contributed by atoms with van der Waals surface area (Å²) < 4.78 is 10.4. The average molecular weight is 483 g/mol. The van der Waals surface area contributed by atoms with E-state index >= 15 is 0 Å². The Kier molecular flexibility index (Phi) is 6.87. The van der Waals surface area contributed by atoms with Crippen LogP contribution in [0.15, 0.2) is 47.4 Å². The van der Waals surface area contributed by atoms with Crippen LogP contribution in [0.5, 0.6) is 11.5 Å². The van der Waals surface area contributed by atoms with Crippen molar-refractivity contribution in [2.75, 3.05) is 26.8 Å². The molecule has 0 aliphatic carbocycles. The summed E-state index contributed by atoms with van der Waals surface area (Å²) in [6, 6.07) is 12.6. The third kappa shape index (κ3) is 5.07. The number of carboxylic acids is 1. The molecular weight excluding hydrogens is 460 g/mol. The van der Waals surface area contributed by atoms with Crippen molar-refractivity contribution in [3.05, 3.63) is 64.1 Å². The van der Waals surface area contributed by atoms with Crippen LogP contribution < -0.4 is 9.47 Å². The number of amides is 3. The number of nitrogens with zero attached hydrogens (tertiary/aromatic N) is 2. The van der Waals surface area contributed by atoms with Crippen LogP contribution in [0.1, 0.15) is 16.7 Å². The lowest BCUT2D eigenvalue weighted by atomic mass is 10.00. The van der Waals surface area contributed by atoms with Crippen molar-refractivity contribution in [3.63, 3.8) is 0 Å². The summed E-state index contributed by atoms with van der Waals surface area (Å²) in [5.41, 5.74) is 2.83. The van der Waals surface area contributed by atoms with Gasteiger partial charge in [0.25, 0.3) is 11.1 Å². The monoisotopic (exact) mass is 482 g/mol. The van der Waals surface area contributed by atoms with Gasteiger partial charge in [0.2, 0.25) is 5.91 Å². The van der Waals surface area contributed by atoms with E-state index in [4.69, 9.17) is 14.6 Å². The fraction of sp³-hybridized carbons (Fsp3) is 0.250. The molecule has 1 N–H and O–H groups in total. The fourth-order valence-corrected chi connectivity index (χ4v) is 4.60. The first-order valence-electron chi connectivity index (χ1n) is 10.5. The maximum Gasteiger partial charge on any atom is 0.341 e. The number of ether oxygens (including phenoxy) is 2. The first-order chi connectivity index (χ1) is 16.4. The number of hydrogen-bond acceptors (Lipinski definition) is 7. The summed E-state index contributed by atoms with van der Waals surface area (Å²) in [5.74, 6) is -1.41. The second-order valence-corrected chi connectivity index (χ2v) is 8.69. The van der Waals surface area contributed by atoms with Crippen LogP contribution in [0.2, 0.25) is 0 Å². The Morgan fingerprint density at radius 2 is 1.88 bits per heavy atom. The highest BCUT2D eigenvalue weighted by molar-refractivity contribution is 8.18. The van der Waals surface area contributed by atoms with E-state index in [0.717, 1.165) is 28.6 Å². The number of fused-ring (bicyclic) bond motifs is 1. The Bertz CT molecular complexity index is 1190. The van der Waals surface area contributed by atoms with Crippen LogP contribution in [0.4, 0.5) is 4.79 Å². The topological polar surface area (TPSA) is 113 Å². The number of hydrogen-bond donors (Lipinski definition) is 1. The quantitative estimate of drug-likeness (QED) is 0.600. The van der Waals surface area contributed by atoms with Gasteiger partial charge in [-0.3, -0.25) is 19.3 Å². The predicted molar refractivity (Wildman–Crippen MR) is 124 cm³/mol. The normalized spacial score (nSPS) is 16.6. The molecule has 0 spiro atoms. The molecule has 34 heavy (non-hydrogen) atoms. The van der Waals surface area contributed by atoms with E-state index in [2.05, 4.69) is 0 Å². The zero-order chi connectivity index (χ0) is 24.2. The van der Waals surface area contributed by atoms with Gasteiger partial charge < -0.3 is 19.5 Å². The molecule has 0 atom stereocenters. The molecule has 2 aliphatic rings. The smallest absolute Gasteiger partial charge is 0.341 e. The minimum absolute atomic E-state index is 0.183. The number of carbonyl (C=O) groups excluding carboxylic acids is 3. The molecule has 2 heterocycles. The average Bonchev–Trinajstić information content (AvgIpc) is 3.09. The van der Waals surface area contributed by atoms with Gasteiger partial charge in [-0.2, -0.15) is 0 Å². The molecule has 4 rings (SSSR count). The van der Waals surface area contributed by atoms with Gasteiger partial charge in [0, 0.05) is 13.1 Å². The summed E-state index contributed by atoms with van der Waals surface area (Å²) in [5, 5.41) is 8.27. The van der Waals surface area contributed by atoms with E-state index in [1.54, 1.807) is 17.0 Å². The van der Waals surface area contributed by atoms with Crippen molar-refractivity contribution in [3.8, 4) is 11.5 Å².